The number of likely N-dealkylation sites (tertiary alicyclic amines) is 2. The van der Waals surface area contributed by atoms with Gasteiger partial charge in [-0.3, -0.25) is 9.59 Å². The molecule has 2 heterocycles. The highest BCUT2D eigenvalue weighted by atomic mass is 19.1. The van der Waals surface area contributed by atoms with Gasteiger partial charge in [-0.2, -0.15) is 0 Å². The maximum atomic E-state index is 12.8. The number of rotatable bonds is 4. The fourth-order valence-corrected chi connectivity index (χ4v) is 3.29. The summed E-state index contributed by atoms with van der Waals surface area (Å²) in [5, 5.41) is 0. The number of halogens is 1. The number of hydrogen-bond donors (Lipinski definition) is 0. The molecule has 0 aromatic heterocycles. The molecule has 0 bridgehead atoms. The lowest BCUT2D eigenvalue weighted by Gasteiger charge is -2.40. The largest absolute Gasteiger partial charge is 0.487 e. The van der Waals surface area contributed by atoms with Crippen LogP contribution in [0.15, 0.2) is 24.3 Å². The summed E-state index contributed by atoms with van der Waals surface area (Å²) in [5.41, 5.74) is 0. The number of amides is 2. The second-order valence-electron chi connectivity index (χ2n) is 6.62. The normalized spacial score (nSPS) is 24.7. The zero-order valence-corrected chi connectivity index (χ0v) is 12.8. The highest BCUT2D eigenvalue weighted by Gasteiger charge is 2.44. The molecule has 0 unspecified atom stereocenters. The standard InChI is InChI=1S/C17H19FN2O3/c18-12-1-5-14(6-2-12)23-15-9-19(10-15)17(22)11-7-16(21)20(8-11)13-3-4-13/h1-2,5-6,11,13,15H,3-4,7-10H2/t11-/m0/s1. The summed E-state index contributed by atoms with van der Waals surface area (Å²) in [4.78, 5) is 28.0. The average molecular weight is 318 g/mol. The average Bonchev–Trinajstić information content (AvgIpc) is 3.26. The first-order valence-corrected chi connectivity index (χ1v) is 8.10. The molecule has 4 rings (SSSR count). The second kappa shape index (κ2) is 5.51. The van der Waals surface area contributed by atoms with Crippen molar-refractivity contribution >= 4 is 11.8 Å². The summed E-state index contributed by atoms with van der Waals surface area (Å²) in [7, 11) is 0. The van der Waals surface area contributed by atoms with Gasteiger partial charge in [-0.05, 0) is 37.1 Å². The number of nitrogens with zero attached hydrogens (tertiary/aromatic N) is 2. The van der Waals surface area contributed by atoms with Crippen molar-refractivity contribution in [2.24, 2.45) is 5.92 Å². The Morgan fingerprint density at radius 3 is 2.48 bits per heavy atom. The number of ether oxygens (including phenoxy) is 1. The molecule has 1 atom stereocenters. The Kier molecular flexibility index (Phi) is 3.47. The van der Waals surface area contributed by atoms with Gasteiger partial charge in [0.05, 0.1) is 19.0 Å². The van der Waals surface area contributed by atoms with E-state index in [1.807, 2.05) is 4.90 Å². The van der Waals surface area contributed by atoms with Crippen LogP contribution < -0.4 is 4.74 Å². The van der Waals surface area contributed by atoms with Crippen molar-refractivity contribution in [3.63, 3.8) is 0 Å². The Morgan fingerprint density at radius 1 is 1.13 bits per heavy atom. The van der Waals surface area contributed by atoms with Gasteiger partial charge in [-0.1, -0.05) is 0 Å². The molecule has 1 aromatic rings. The van der Waals surface area contributed by atoms with Crippen molar-refractivity contribution < 1.29 is 18.7 Å². The SMILES string of the molecule is O=C([C@H]1CC(=O)N(C2CC2)C1)N1CC(Oc2ccc(F)cc2)C1. The van der Waals surface area contributed by atoms with Crippen LogP contribution in [0.3, 0.4) is 0 Å². The molecule has 1 aromatic carbocycles. The van der Waals surface area contributed by atoms with Crippen LogP contribution in [0, 0.1) is 11.7 Å². The molecule has 1 aliphatic carbocycles. The topological polar surface area (TPSA) is 49.9 Å². The van der Waals surface area contributed by atoms with Crippen molar-refractivity contribution in [2.75, 3.05) is 19.6 Å². The summed E-state index contributed by atoms with van der Waals surface area (Å²) in [6.07, 6.45) is 2.43. The highest BCUT2D eigenvalue weighted by Crippen LogP contribution is 2.33. The van der Waals surface area contributed by atoms with E-state index in [2.05, 4.69) is 0 Å². The van der Waals surface area contributed by atoms with Gasteiger partial charge in [0.2, 0.25) is 11.8 Å². The lowest BCUT2D eigenvalue weighted by Crippen LogP contribution is -2.57. The van der Waals surface area contributed by atoms with E-state index < -0.39 is 0 Å². The summed E-state index contributed by atoms with van der Waals surface area (Å²) >= 11 is 0. The molecule has 2 saturated heterocycles. The van der Waals surface area contributed by atoms with Crippen LogP contribution >= 0.6 is 0 Å². The minimum Gasteiger partial charge on any atom is -0.487 e. The van der Waals surface area contributed by atoms with E-state index in [1.165, 1.54) is 12.1 Å². The highest BCUT2D eigenvalue weighted by molar-refractivity contribution is 5.90. The van der Waals surface area contributed by atoms with Gasteiger partial charge < -0.3 is 14.5 Å². The maximum Gasteiger partial charge on any atom is 0.228 e. The Bertz CT molecular complexity index is 623. The van der Waals surface area contributed by atoms with Crippen molar-refractivity contribution in [1.29, 1.82) is 0 Å². The predicted octanol–water partition coefficient (Wildman–Crippen LogP) is 1.43. The van der Waals surface area contributed by atoms with E-state index in [9.17, 15) is 14.0 Å². The molecular formula is C17H19FN2O3. The van der Waals surface area contributed by atoms with Crippen LogP contribution in [-0.2, 0) is 9.59 Å². The first kappa shape index (κ1) is 14.5. The van der Waals surface area contributed by atoms with Crippen LogP contribution in [0.5, 0.6) is 5.75 Å². The molecule has 1 saturated carbocycles. The Hall–Kier alpha value is -2.11. The van der Waals surface area contributed by atoms with Crippen molar-refractivity contribution in [1.82, 2.24) is 9.80 Å². The molecule has 0 radical (unpaired) electrons. The lowest BCUT2D eigenvalue weighted by molar-refractivity contribution is -0.144. The zero-order valence-electron chi connectivity index (χ0n) is 12.8. The molecule has 0 spiro atoms. The fraction of sp³-hybridized carbons (Fsp3) is 0.529. The first-order valence-electron chi connectivity index (χ1n) is 8.10. The molecule has 3 aliphatic rings. The summed E-state index contributed by atoms with van der Waals surface area (Å²) < 4.78 is 18.5. The summed E-state index contributed by atoms with van der Waals surface area (Å²) in [5.74, 6) is 0.286. The molecule has 122 valence electrons. The Labute approximate surface area is 134 Å². The van der Waals surface area contributed by atoms with Gasteiger partial charge in [0, 0.05) is 19.0 Å². The van der Waals surface area contributed by atoms with Gasteiger partial charge in [-0.25, -0.2) is 4.39 Å². The van der Waals surface area contributed by atoms with Crippen LogP contribution in [-0.4, -0.2) is 53.4 Å². The van der Waals surface area contributed by atoms with Crippen LogP contribution in [0.2, 0.25) is 0 Å². The van der Waals surface area contributed by atoms with Gasteiger partial charge in [0.1, 0.15) is 17.7 Å². The molecule has 2 aliphatic heterocycles. The summed E-state index contributed by atoms with van der Waals surface area (Å²) in [6.45, 7) is 1.64. The van der Waals surface area contributed by atoms with E-state index in [-0.39, 0.29) is 29.7 Å². The van der Waals surface area contributed by atoms with Crippen LogP contribution in [0.1, 0.15) is 19.3 Å². The van der Waals surface area contributed by atoms with E-state index in [4.69, 9.17) is 4.74 Å². The smallest absolute Gasteiger partial charge is 0.228 e. The molecule has 6 heteroatoms. The maximum absolute atomic E-state index is 12.8. The third kappa shape index (κ3) is 2.90. The van der Waals surface area contributed by atoms with Gasteiger partial charge >= 0.3 is 0 Å². The lowest BCUT2D eigenvalue weighted by atomic mass is 10.0. The van der Waals surface area contributed by atoms with E-state index in [1.54, 1.807) is 17.0 Å². The second-order valence-corrected chi connectivity index (χ2v) is 6.62. The van der Waals surface area contributed by atoms with Crippen molar-refractivity contribution in [2.45, 2.75) is 31.4 Å². The van der Waals surface area contributed by atoms with Crippen LogP contribution in [0.25, 0.3) is 0 Å². The van der Waals surface area contributed by atoms with Gasteiger partial charge in [-0.15, -0.1) is 0 Å². The fourth-order valence-electron chi connectivity index (χ4n) is 3.29. The molecule has 5 nitrogen and oxygen atoms in total. The quantitative estimate of drug-likeness (QED) is 0.844. The van der Waals surface area contributed by atoms with E-state index >= 15 is 0 Å². The minimum absolute atomic E-state index is 0.0546. The van der Waals surface area contributed by atoms with E-state index in [0.717, 1.165) is 12.8 Å². The van der Waals surface area contributed by atoms with Crippen molar-refractivity contribution in [3.8, 4) is 5.75 Å². The van der Waals surface area contributed by atoms with Crippen molar-refractivity contribution in [3.05, 3.63) is 30.1 Å². The number of hydrogen-bond acceptors (Lipinski definition) is 3. The Balaban J connectivity index is 1.27. The molecular weight excluding hydrogens is 299 g/mol. The van der Waals surface area contributed by atoms with Gasteiger partial charge in [0.15, 0.2) is 0 Å². The molecule has 3 fully saturated rings. The minimum atomic E-state index is -0.297. The number of carbonyl (C=O) groups excluding carboxylic acids is 2. The number of benzene rings is 1. The summed E-state index contributed by atoms with van der Waals surface area (Å²) in [6, 6.07) is 6.26. The predicted molar refractivity (Wildman–Crippen MR) is 80.2 cm³/mol. The molecule has 2 amide bonds. The number of carbonyl (C=O) groups is 2. The third-order valence-corrected chi connectivity index (χ3v) is 4.77. The monoisotopic (exact) mass is 318 g/mol. The van der Waals surface area contributed by atoms with Gasteiger partial charge in [0.25, 0.3) is 0 Å². The molecule has 23 heavy (non-hydrogen) atoms. The Morgan fingerprint density at radius 2 is 1.83 bits per heavy atom. The zero-order chi connectivity index (χ0) is 16.0. The first-order chi connectivity index (χ1) is 11.1. The molecule has 0 N–H and O–H groups in total. The van der Waals surface area contributed by atoms with Crippen LogP contribution in [0.4, 0.5) is 4.39 Å². The third-order valence-electron chi connectivity index (χ3n) is 4.77. The van der Waals surface area contributed by atoms with E-state index in [0.29, 0.717) is 37.8 Å².